The zero-order valence-electron chi connectivity index (χ0n) is 9.95. The Kier molecular flexibility index (Phi) is 8.56. The summed E-state index contributed by atoms with van der Waals surface area (Å²) in [6.07, 6.45) is 0.712. The van der Waals surface area contributed by atoms with Gasteiger partial charge in [-0.2, -0.15) is 11.8 Å². The number of hydrogen-bond acceptors (Lipinski definition) is 4. The highest BCUT2D eigenvalue weighted by Gasteiger charge is 2.09. The molecule has 15 heavy (non-hydrogen) atoms. The van der Waals surface area contributed by atoms with Crippen LogP contribution in [-0.4, -0.2) is 44.0 Å². The normalized spacial score (nSPS) is 14.1. The summed E-state index contributed by atoms with van der Waals surface area (Å²) in [7, 11) is -2.82. The van der Waals surface area contributed by atoms with E-state index in [-0.39, 0.29) is 5.75 Å². The molecule has 92 valence electrons. The van der Waals surface area contributed by atoms with Gasteiger partial charge in [-0.1, -0.05) is 13.8 Å². The molecule has 0 rings (SSSR count). The Morgan fingerprint density at radius 2 is 1.93 bits per heavy atom. The molecule has 0 amide bonds. The molecule has 0 aliphatic heterocycles. The van der Waals surface area contributed by atoms with Gasteiger partial charge in [0.2, 0.25) is 0 Å². The van der Waals surface area contributed by atoms with Crippen molar-refractivity contribution in [1.82, 2.24) is 5.32 Å². The summed E-state index contributed by atoms with van der Waals surface area (Å²) in [6, 6.07) is 0.395. The van der Waals surface area contributed by atoms with E-state index in [2.05, 4.69) is 19.2 Å². The van der Waals surface area contributed by atoms with E-state index in [0.717, 1.165) is 11.5 Å². The van der Waals surface area contributed by atoms with E-state index in [1.165, 1.54) is 0 Å². The minimum atomic E-state index is -2.82. The molecule has 5 heteroatoms. The SMILES string of the molecule is CCCS(=O)(=O)CCNC(C)CSCC. The third kappa shape index (κ3) is 9.20. The van der Waals surface area contributed by atoms with Gasteiger partial charge in [-0.15, -0.1) is 0 Å². The fraction of sp³-hybridized carbons (Fsp3) is 1.00. The van der Waals surface area contributed by atoms with Crippen LogP contribution in [0.15, 0.2) is 0 Å². The second-order valence-electron chi connectivity index (χ2n) is 3.67. The lowest BCUT2D eigenvalue weighted by Crippen LogP contribution is -2.33. The molecule has 0 saturated heterocycles. The van der Waals surface area contributed by atoms with Crippen LogP contribution in [0.25, 0.3) is 0 Å². The smallest absolute Gasteiger partial charge is 0.151 e. The summed E-state index contributed by atoms with van der Waals surface area (Å²) in [6.45, 7) is 6.69. The van der Waals surface area contributed by atoms with Gasteiger partial charge >= 0.3 is 0 Å². The van der Waals surface area contributed by atoms with E-state index in [0.29, 0.717) is 24.8 Å². The van der Waals surface area contributed by atoms with Crippen molar-refractivity contribution in [2.45, 2.75) is 33.2 Å². The summed E-state index contributed by atoms with van der Waals surface area (Å²) in [5.41, 5.74) is 0. The van der Waals surface area contributed by atoms with Crippen LogP contribution < -0.4 is 5.32 Å². The molecule has 0 aliphatic carbocycles. The molecule has 0 aliphatic rings. The summed E-state index contributed by atoms with van der Waals surface area (Å²) < 4.78 is 22.8. The fourth-order valence-electron chi connectivity index (χ4n) is 1.23. The molecule has 1 N–H and O–H groups in total. The van der Waals surface area contributed by atoms with E-state index >= 15 is 0 Å². The van der Waals surface area contributed by atoms with Crippen LogP contribution in [-0.2, 0) is 9.84 Å². The van der Waals surface area contributed by atoms with Crippen LogP contribution in [0, 0.1) is 0 Å². The Morgan fingerprint density at radius 3 is 2.47 bits per heavy atom. The van der Waals surface area contributed by atoms with E-state index in [4.69, 9.17) is 0 Å². The predicted octanol–water partition coefficient (Wildman–Crippen LogP) is 1.54. The van der Waals surface area contributed by atoms with Gasteiger partial charge in [0, 0.05) is 24.1 Å². The highest BCUT2D eigenvalue weighted by Crippen LogP contribution is 2.01. The standard InChI is InChI=1S/C10H23NO2S2/c1-4-7-15(12,13)8-6-11-10(3)9-14-5-2/h10-11H,4-9H2,1-3H3. The molecular formula is C10H23NO2S2. The third-order valence-corrected chi connectivity index (χ3v) is 4.99. The highest BCUT2D eigenvalue weighted by atomic mass is 32.2. The van der Waals surface area contributed by atoms with E-state index in [1.807, 2.05) is 18.7 Å². The molecule has 0 saturated carbocycles. The van der Waals surface area contributed by atoms with Crippen LogP contribution in [0.4, 0.5) is 0 Å². The predicted molar refractivity (Wildman–Crippen MR) is 69.4 cm³/mol. The topological polar surface area (TPSA) is 46.2 Å². The second-order valence-corrected chi connectivity index (χ2v) is 7.29. The average Bonchev–Trinajstić information content (AvgIpc) is 2.14. The monoisotopic (exact) mass is 253 g/mol. The maximum atomic E-state index is 11.4. The Balaban J connectivity index is 3.60. The number of sulfone groups is 1. The molecule has 0 bridgehead atoms. The number of thioether (sulfide) groups is 1. The van der Waals surface area contributed by atoms with Crippen LogP contribution in [0.2, 0.25) is 0 Å². The maximum absolute atomic E-state index is 11.4. The minimum Gasteiger partial charge on any atom is -0.312 e. The van der Waals surface area contributed by atoms with Crippen LogP contribution >= 0.6 is 11.8 Å². The zero-order chi connectivity index (χ0) is 11.7. The van der Waals surface area contributed by atoms with Crippen molar-refractivity contribution in [2.24, 2.45) is 0 Å². The minimum absolute atomic E-state index is 0.266. The highest BCUT2D eigenvalue weighted by molar-refractivity contribution is 7.99. The molecule has 0 aromatic rings. The second kappa shape index (κ2) is 8.42. The largest absolute Gasteiger partial charge is 0.312 e. The lowest BCUT2D eigenvalue weighted by atomic mass is 10.4. The van der Waals surface area contributed by atoms with Gasteiger partial charge in [-0.05, 0) is 19.1 Å². The summed E-state index contributed by atoms with van der Waals surface area (Å²) in [4.78, 5) is 0. The third-order valence-electron chi connectivity index (χ3n) is 1.99. The lowest BCUT2D eigenvalue weighted by Gasteiger charge is -2.12. The van der Waals surface area contributed by atoms with Crippen molar-refractivity contribution in [3.63, 3.8) is 0 Å². The first kappa shape index (κ1) is 15.3. The van der Waals surface area contributed by atoms with Crippen molar-refractivity contribution in [3.8, 4) is 0 Å². The summed E-state index contributed by atoms with van der Waals surface area (Å²) in [5, 5.41) is 3.23. The Bertz CT molecular complexity index is 240. The first-order chi connectivity index (χ1) is 7.02. The number of hydrogen-bond donors (Lipinski definition) is 1. The Morgan fingerprint density at radius 1 is 1.27 bits per heavy atom. The molecule has 3 nitrogen and oxygen atoms in total. The molecule has 1 unspecified atom stereocenters. The molecule has 0 aromatic heterocycles. The quantitative estimate of drug-likeness (QED) is 0.677. The van der Waals surface area contributed by atoms with E-state index in [9.17, 15) is 8.42 Å². The van der Waals surface area contributed by atoms with Gasteiger partial charge in [0.15, 0.2) is 9.84 Å². The molecule has 0 fully saturated rings. The van der Waals surface area contributed by atoms with Crippen molar-refractivity contribution in [3.05, 3.63) is 0 Å². The Labute approximate surface area is 98.3 Å². The van der Waals surface area contributed by atoms with Gasteiger partial charge < -0.3 is 5.32 Å². The van der Waals surface area contributed by atoms with Gasteiger partial charge in [-0.25, -0.2) is 8.42 Å². The number of nitrogens with one attached hydrogen (secondary N) is 1. The van der Waals surface area contributed by atoms with Gasteiger partial charge in [0.1, 0.15) is 0 Å². The first-order valence-electron chi connectivity index (χ1n) is 5.53. The Hall–Kier alpha value is 0.260. The number of rotatable bonds is 9. The van der Waals surface area contributed by atoms with Crippen molar-refractivity contribution < 1.29 is 8.42 Å². The molecule has 0 radical (unpaired) electrons. The maximum Gasteiger partial charge on any atom is 0.151 e. The van der Waals surface area contributed by atoms with Crippen molar-refractivity contribution in [1.29, 1.82) is 0 Å². The zero-order valence-corrected chi connectivity index (χ0v) is 11.6. The van der Waals surface area contributed by atoms with E-state index in [1.54, 1.807) is 0 Å². The van der Waals surface area contributed by atoms with Crippen LogP contribution in [0.1, 0.15) is 27.2 Å². The van der Waals surface area contributed by atoms with Gasteiger partial charge in [0.25, 0.3) is 0 Å². The fourth-order valence-corrected chi connectivity index (χ4v) is 3.19. The molecule has 0 spiro atoms. The van der Waals surface area contributed by atoms with Gasteiger partial charge in [0.05, 0.1) is 5.75 Å². The summed E-state index contributed by atoms with van der Waals surface area (Å²) in [5.74, 6) is 2.74. The van der Waals surface area contributed by atoms with E-state index < -0.39 is 9.84 Å². The first-order valence-corrected chi connectivity index (χ1v) is 8.51. The lowest BCUT2D eigenvalue weighted by molar-refractivity contribution is 0.579. The average molecular weight is 253 g/mol. The molecule has 1 atom stereocenters. The van der Waals surface area contributed by atoms with Crippen LogP contribution in [0.3, 0.4) is 0 Å². The molecule has 0 aromatic carbocycles. The molecule has 0 heterocycles. The van der Waals surface area contributed by atoms with Gasteiger partial charge in [-0.3, -0.25) is 0 Å². The summed E-state index contributed by atoms with van der Waals surface area (Å²) >= 11 is 1.87. The van der Waals surface area contributed by atoms with Crippen molar-refractivity contribution in [2.75, 3.05) is 29.6 Å². The van der Waals surface area contributed by atoms with Crippen molar-refractivity contribution >= 4 is 21.6 Å². The molecular weight excluding hydrogens is 230 g/mol. The van der Waals surface area contributed by atoms with Crippen LogP contribution in [0.5, 0.6) is 0 Å².